The van der Waals surface area contributed by atoms with E-state index >= 15 is 0 Å². The van der Waals surface area contributed by atoms with Gasteiger partial charge in [0.1, 0.15) is 6.07 Å². The topological polar surface area (TPSA) is 74.5 Å². The number of nitrogens with one attached hydrogen (secondary N) is 1. The number of hydrogen-bond acceptors (Lipinski definition) is 5. The Morgan fingerprint density at radius 1 is 1.27 bits per heavy atom. The zero-order chi connectivity index (χ0) is 16.2. The van der Waals surface area contributed by atoms with Gasteiger partial charge in [-0.25, -0.2) is 0 Å². The Morgan fingerprint density at radius 3 is 2.45 bits per heavy atom. The number of hydrogen-bond donors (Lipinski definition) is 2. The molecule has 120 valence electrons. The highest BCUT2D eigenvalue weighted by Crippen LogP contribution is 2.43. The lowest BCUT2D eigenvalue weighted by molar-refractivity contribution is 0.0738. The maximum absolute atomic E-state index is 9.91. The van der Waals surface area contributed by atoms with Crippen molar-refractivity contribution in [2.45, 2.75) is 43.7 Å². The third kappa shape index (κ3) is 3.34. The van der Waals surface area contributed by atoms with Crippen LogP contribution in [0.25, 0.3) is 0 Å². The molecule has 5 heteroatoms. The molecule has 0 aliphatic heterocycles. The van der Waals surface area contributed by atoms with Crippen LogP contribution in [0.3, 0.4) is 0 Å². The van der Waals surface area contributed by atoms with Crippen molar-refractivity contribution in [1.29, 1.82) is 5.26 Å². The molecular weight excluding hydrogens is 280 g/mol. The van der Waals surface area contributed by atoms with Crippen LogP contribution in [-0.2, 0) is 5.41 Å². The lowest BCUT2D eigenvalue weighted by Gasteiger charge is -2.33. The van der Waals surface area contributed by atoms with Gasteiger partial charge in [-0.1, -0.05) is 18.9 Å². The number of nitriles is 1. The average molecular weight is 304 g/mol. The number of methoxy groups -OCH3 is 2. The Hall–Kier alpha value is -1.77. The van der Waals surface area contributed by atoms with Gasteiger partial charge in [-0.2, -0.15) is 5.26 Å². The fraction of sp³-hybridized carbons (Fsp3) is 0.588. The lowest BCUT2D eigenvalue weighted by Crippen LogP contribution is -2.47. The molecule has 22 heavy (non-hydrogen) atoms. The molecule has 1 aromatic rings. The summed E-state index contributed by atoms with van der Waals surface area (Å²) in [7, 11) is 3.25. The zero-order valence-corrected chi connectivity index (χ0v) is 13.5. The monoisotopic (exact) mass is 304 g/mol. The van der Waals surface area contributed by atoms with Crippen LogP contribution in [0.1, 0.15) is 38.2 Å². The Bertz CT molecular complexity index is 558. The van der Waals surface area contributed by atoms with Crippen molar-refractivity contribution in [3.63, 3.8) is 0 Å². The molecule has 5 nitrogen and oxygen atoms in total. The molecule has 2 N–H and O–H groups in total. The Labute approximate surface area is 131 Å². The molecular formula is C17H24N2O3. The summed E-state index contributed by atoms with van der Waals surface area (Å²) in [6, 6.07) is 7.85. The molecule has 0 radical (unpaired) electrons. The molecule has 0 amide bonds. The van der Waals surface area contributed by atoms with Crippen LogP contribution in [0.15, 0.2) is 18.2 Å². The van der Waals surface area contributed by atoms with Crippen molar-refractivity contribution in [2.24, 2.45) is 0 Å². The molecule has 1 unspecified atom stereocenters. The van der Waals surface area contributed by atoms with Crippen LogP contribution < -0.4 is 14.8 Å². The zero-order valence-electron chi connectivity index (χ0n) is 13.5. The van der Waals surface area contributed by atoms with Crippen LogP contribution >= 0.6 is 0 Å². The first-order valence-electron chi connectivity index (χ1n) is 7.57. The molecule has 0 spiro atoms. The van der Waals surface area contributed by atoms with Gasteiger partial charge in [0.2, 0.25) is 5.72 Å². The van der Waals surface area contributed by atoms with E-state index in [0.29, 0.717) is 18.0 Å². The summed E-state index contributed by atoms with van der Waals surface area (Å²) in [4.78, 5) is 0. The molecule has 0 bridgehead atoms. The minimum atomic E-state index is -1.51. The van der Waals surface area contributed by atoms with Gasteiger partial charge in [-0.3, -0.25) is 5.32 Å². The first-order valence-corrected chi connectivity index (χ1v) is 7.57. The van der Waals surface area contributed by atoms with E-state index in [2.05, 4.69) is 11.4 Å². The third-order valence-electron chi connectivity index (χ3n) is 4.55. The van der Waals surface area contributed by atoms with E-state index in [1.807, 2.05) is 18.2 Å². The Balaban J connectivity index is 2.30. The third-order valence-corrected chi connectivity index (χ3v) is 4.55. The largest absolute Gasteiger partial charge is 0.493 e. The van der Waals surface area contributed by atoms with Gasteiger partial charge in [0.15, 0.2) is 11.5 Å². The molecule has 0 aromatic heterocycles. The van der Waals surface area contributed by atoms with Crippen LogP contribution in [-0.4, -0.2) is 31.6 Å². The predicted molar refractivity (Wildman–Crippen MR) is 83.9 cm³/mol. The maximum Gasteiger partial charge on any atom is 0.202 e. The van der Waals surface area contributed by atoms with Gasteiger partial charge in [0.25, 0.3) is 0 Å². The summed E-state index contributed by atoms with van der Waals surface area (Å²) in [5.41, 5.74) is -0.434. The van der Waals surface area contributed by atoms with Gasteiger partial charge in [0, 0.05) is 12.0 Å². The van der Waals surface area contributed by atoms with Crippen molar-refractivity contribution < 1.29 is 14.6 Å². The number of aliphatic hydroxyl groups is 1. The number of rotatable bonds is 6. The molecule has 1 atom stereocenters. The summed E-state index contributed by atoms with van der Waals surface area (Å²) < 4.78 is 10.7. The molecule has 0 saturated heterocycles. The van der Waals surface area contributed by atoms with E-state index in [4.69, 9.17) is 14.7 Å². The molecule has 1 aliphatic carbocycles. The lowest BCUT2D eigenvalue weighted by atomic mass is 9.78. The van der Waals surface area contributed by atoms with Crippen molar-refractivity contribution in [2.75, 3.05) is 20.8 Å². The van der Waals surface area contributed by atoms with Crippen LogP contribution in [0, 0.1) is 11.3 Å². The van der Waals surface area contributed by atoms with Crippen LogP contribution in [0.4, 0.5) is 0 Å². The SMILES string of the molecule is COc1ccc(C2(CNC(C)(O)C#N)CCCC2)cc1OC. The van der Waals surface area contributed by atoms with Gasteiger partial charge >= 0.3 is 0 Å². The molecule has 1 aliphatic rings. The number of benzene rings is 1. The summed E-state index contributed by atoms with van der Waals surface area (Å²) in [5.74, 6) is 1.41. The fourth-order valence-electron chi connectivity index (χ4n) is 3.17. The first-order chi connectivity index (χ1) is 10.5. The highest BCUT2D eigenvalue weighted by molar-refractivity contribution is 5.45. The van der Waals surface area contributed by atoms with E-state index < -0.39 is 5.72 Å². The minimum absolute atomic E-state index is 0.0829. The standard InChI is InChI=1S/C17H24N2O3/c1-16(20,11-18)19-12-17(8-4-5-9-17)13-6-7-14(21-2)15(10-13)22-3/h6-7,10,19-20H,4-5,8-9,12H2,1-3H3. The average Bonchev–Trinajstić information content (AvgIpc) is 3.02. The normalized spacial score (nSPS) is 19.2. The van der Waals surface area contributed by atoms with Crippen molar-refractivity contribution in [1.82, 2.24) is 5.32 Å². The van der Waals surface area contributed by atoms with Gasteiger partial charge in [-0.15, -0.1) is 0 Å². The summed E-state index contributed by atoms with van der Waals surface area (Å²) in [6.07, 6.45) is 4.34. The maximum atomic E-state index is 9.91. The van der Waals surface area contributed by atoms with E-state index in [1.165, 1.54) is 6.92 Å². The van der Waals surface area contributed by atoms with Crippen LogP contribution in [0.2, 0.25) is 0 Å². The summed E-state index contributed by atoms with van der Waals surface area (Å²) in [6.45, 7) is 2.04. The van der Waals surface area contributed by atoms with E-state index in [1.54, 1.807) is 14.2 Å². The summed E-state index contributed by atoms with van der Waals surface area (Å²) in [5, 5.41) is 21.9. The highest BCUT2D eigenvalue weighted by atomic mass is 16.5. The van der Waals surface area contributed by atoms with Gasteiger partial charge in [0.05, 0.1) is 14.2 Å². The molecule has 1 aromatic carbocycles. The minimum Gasteiger partial charge on any atom is -0.493 e. The molecule has 1 fully saturated rings. The Kier molecular flexibility index (Phi) is 4.94. The molecule has 0 heterocycles. The first kappa shape index (κ1) is 16.6. The second-order valence-electron chi connectivity index (χ2n) is 6.09. The van der Waals surface area contributed by atoms with Crippen molar-refractivity contribution in [3.05, 3.63) is 23.8 Å². The second kappa shape index (κ2) is 6.55. The molecule has 1 saturated carbocycles. The fourth-order valence-corrected chi connectivity index (χ4v) is 3.17. The van der Waals surface area contributed by atoms with E-state index in [0.717, 1.165) is 31.2 Å². The quantitative estimate of drug-likeness (QED) is 0.623. The van der Waals surface area contributed by atoms with Gasteiger partial charge in [-0.05, 0) is 37.5 Å². The number of nitrogens with zero attached hydrogens (tertiary/aromatic N) is 1. The number of ether oxygens (including phenoxy) is 2. The van der Waals surface area contributed by atoms with Crippen molar-refractivity contribution in [3.8, 4) is 17.6 Å². The summed E-state index contributed by atoms with van der Waals surface area (Å²) >= 11 is 0. The predicted octanol–water partition coefficient (Wildman–Crippen LogP) is 2.34. The van der Waals surface area contributed by atoms with Gasteiger partial charge < -0.3 is 14.6 Å². The smallest absolute Gasteiger partial charge is 0.202 e. The highest BCUT2D eigenvalue weighted by Gasteiger charge is 2.37. The second-order valence-corrected chi connectivity index (χ2v) is 6.09. The Morgan fingerprint density at radius 2 is 1.91 bits per heavy atom. The van der Waals surface area contributed by atoms with Crippen molar-refractivity contribution >= 4 is 0 Å². The van der Waals surface area contributed by atoms with E-state index in [-0.39, 0.29) is 5.41 Å². The van der Waals surface area contributed by atoms with Crippen LogP contribution in [0.5, 0.6) is 11.5 Å². The molecule has 2 rings (SSSR count). The van der Waals surface area contributed by atoms with E-state index in [9.17, 15) is 5.11 Å².